The van der Waals surface area contributed by atoms with E-state index in [0.29, 0.717) is 16.3 Å². The molecular formula is C24H31BrClN3O4S. The van der Waals surface area contributed by atoms with Gasteiger partial charge in [0.2, 0.25) is 21.8 Å². The molecule has 0 aliphatic rings. The number of nitrogens with one attached hydrogen (secondary N) is 1. The molecule has 0 bridgehead atoms. The monoisotopic (exact) mass is 571 g/mol. The predicted octanol–water partition coefficient (Wildman–Crippen LogP) is 4.51. The lowest BCUT2D eigenvalue weighted by Gasteiger charge is -2.33. The van der Waals surface area contributed by atoms with Gasteiger partial charge in [0.1, 0.15) is 12.6 Å². The molecule has 34 heavy (non-hydrogen) atoms. The maximum Gasteiger partial charge on any atom is 0.244 e. The summed E-state index contributed by atoms with van der Waals surface area (Å²) in [5, 5.41) is 3.36. The number of aryl methyl sites for hydroxylation is 1. The van der Waals surface area contributed by atoms with Gasteiger partial charge in [-0.1, -0.05) is 39.7 Å². The highest BCUT2D eigenvalue weighted by atomic mass is 79.9. The molecule has 1 atom stereocenters. The van der Waals surface area contributed by atoms with Gasteiger partial charge in [-0.2, -0.15) is 0 Å². The van der Waals surface area contributed by atoms with Crippen molar-refractivity contribution >= 4 is 55.1 Å². The minimum atomic E-state index is -3.80. The summed E-state index contributed by atoms with van der Waals surface area (Å²) in [7, 11) is -3.80. The van der Waals surface area contributed by atoms with E-state index in [9.17, 15) is 18.0 Å². The molecule has 0 saturated heterocycles. The smallest absolute Gasteiger partial charge is 0.244 e. The van der Waals surface area contributed by atoms with Crippen LogP contribution in [0.1, 0.15) is 38.8 Å². The van der Waals surface area contributed by atoms with Crippen molar-refractivity contribution in [3.63, 3.8) is 0 Å². The molecule has 2 aromatic carbocycles. The van der Waals surface area contributed by atoms with Gasteiger partial charge in [-0.05, 0) is 76.1 Å². The molecule has 0 aromatic heterocycles. The number of hydrogen-bond acceptors (Lipinski definition) is 4. The van der Waals surface area contributed by atoms with E-state index >= 15 is 0 Å². The molecule has 2 aromatic rings. The number of carbonyl (C=O) groups excluding carboxylic acids is 2. The summed E-state index contributed by atoms with van der Waals surface area (Å²) in [5.41, 5.74) is 1.28. The summed E-state index contributed by atoms with van der Waals surface area (Å²) in [6.07, 6.45) is 1.04. The number of nitrogens with zero attached hydrogens (tertiary/aromatic N) is 2. The number of anilines is 1. The van der Waals surface area contributed by atoms with E-state index in [-0.39, 0.29) is 12.5 Å². The third-order valence-electron chi connectivity index (χ3n) is 5.01. The minimum absolute atomic E-state index is 0.133. The first-order valence-corrected chi connectivity index (χ1v) is 13.7. The summed E-state index contributed by atoms with van der Waals surface area (Å²) in [6, 6.07) is 11.3. The number of hydrogen-bond donors (Lipinski definition) is 1. The van der Waals surface area contributed by atoms with Crippen molar-refractivity contribution in [1.29, 1.82) is 0 Å². The first-order valence-electron chi connectivity index (χ1n) is 10.7. The van der Waals surface area contributed by atoms with Gasteiger partial charge in [-0.3, -0.25) is 13.9 Å². The number of amides is 2. The molecule has 10 heteroatoms. The number of sulfonamides is 1. The van der Waals surface area contributed by atoms with Gasteiger partial charge in [0.25, 0.3) is 0 Å². The molecular weight excluding hydrogens is 542 g/mol. The quantitative estimate of drug-likeness (QED) is 0.504. The van der Waals surface area contributed by atoms with Crippen molar-refractivity contribution in [2.24, 2.45) is 0 Å². The molecule has 0 aliphatic carbocycles. The zero-order valence-corrected chi connectivity index (χ0v) is 23.4. The molecule has 186 valence electrons. The van der Waals surface area contributed by atoms with Gasteiger partial charge >= 0.3 is 0 Å². The van der Waals surface area contributed by atoms with Gasteiger partial charge in [0.15, 0.2) is 0 Å². The second-order valence-corrected chi connectivity index (χ2v) is 12.5. The fraction of sp³-hybridized carbons (Fsp3) is 0.417. The summed E-state index contributed by atoms with van der Waals surface area (Å²) < 4.78 is 27.2. The van der Waals surface area contributed by atoms with Crippen LogP contribution in [0.5, 0.6) is 0 Å². The highest BCUT2D eigenvalue weighted by molar-refractivity contribution is 9.10. The van der Waals surface area contributed by atoms with Crippen molar-refractivity contribution in [2.75, 3.05) is 17.1 Å². The molecule has 0 spiro atoms. The topological polar surface area (TPSA) is 86.8 Å². The van der Waals surface area contributed by atoms with Crippen LogP contribution in [0, 0.1) is 6.92 Å². The zero-order valence-electron chi connectivity index (χ0n) is 20.2. The Morgan fingerprint density at radius 2 is 1.79 bits per heavy atom. The number of rotatable bonds is 8. The standard InChI is InChI=1S/C24H31BrClN3O4S/c1-16-12-20(26)10-11-21(16)29(34(6,32)33)15-22(30)28(14-18-8-7-9-19(25)13-18)17(2)23(31)27-24(3,4)5/h7-13,17H,14-15H2,1-6H3,(H,27,31)/t17-/m0/s1. The highest BCUT2D eigenvalue weighted by Gasteiger charge is 2.31. The second-order valence-electron chi connectivity index (χ2n) is 9.27. The van der Waals surface area contributed by atoms with Crippen LogP contribution in [0.3, 0.4) is 0 Å². The van der Waals surface area contributed by atoms with E-state index in [2.05, 4.69) is 21.2 Å². The van der Waals surface area contributed by atoms with Crippen LogP contribution in [-0.2, 0) is 26.2 Å². The molecule has 2 rings (SSSR count). The third kappa shape index (κ3) is 7.99. The summed E-state index contributed by atoms with van der Waals surface area (Å²) >= 11 is 9.46. The lowest BCUT2D eigenvalue weighted by atomic mass is 10.1. The maximum absolute atomic E-state index is 13.6. The minimum Gasteiger partial charge on any atom is -0.350 e. The largest absolute Gasteiger partial charge is 0.350 e. The van der Waals surface area contributed by atoms with Crippen LogP contribution < -0.4 is 9.62 Å². The van der Waals surface area contributed by atoms with Crippen LogP contribution >= 0.6 is 27.5 Å². The molecule has 0 radical (unpaired) electrons. The van der Waals surface area contributed by atoms with Crippen molar-refractivity contribution in [3.8, 4) is 0 Å². The lowest BCUT2D eigenvalue weighted by Crippen LogP contribution is -2.54. The van der Waals surface area contributed by atoms with Crippen molar-refractivity contribution in [3.05, 3.63) is 63.1 Å². The fourth-order valence-electron chi connectivity index (χ4n) is 3.38. The van der Waals surface area contributed by atoms with Crippen LogP contribution in [0.2, 0.25) is 5.02 Å². The van der Waals surface area contributed by atoms with Crippen molar-refractivity contribution in [1.82, 2.24) is 10.2 Å². The van der Waals surface area contributed by atoms with Gasteiger partial charge in [-0.25, -0.2) is 8.42 Å². The van der Waals surface area contributed by atoms with E-state index in [0.717, 1.165) is 20.6 Å². The van der Waals surface area contributed by atoms with Gasteiger partial charge in [0.05, 0.1) is 11.9 Å². The fourth-order valence-corrected chi connectivity index (χ4v) is 4.96. The Morgan fingerprint density at radius 1 is 1.15 bits per heavy atom. The Hall–Kier alpha value is -2.10. The first-order chi connectivity index (χ1) is 15.6. The molecule has 0 saturated carbocycles. The maximum atomic E-state index is 13.6. The average Bonchev–Trinajstić information content (AvgIpc) is 2.68. The van der Waals surface area contributed by atoms with E-state index in [1.54, 1.807) is 32.0 Å². The predicted molar refractivity (Wildman–Crippen MR) is 140 cm³/mol. The molecule has 7 nitrogen and oxygen atoms in total. The van der Waals surface area contributed by atoms with Crippen LogP contribution in [0.15, 0.2) is 46.9 Å². The van der Waals surface area contributed by atoms with E-state index in [1.165, 1.54) is 4.90 Å². The first kappa shape index (κ1) is 28.1. The van der Waals surface area contributed by atoms with Crippen LogP contribution in [-0.4, -0.2) is 49.5 Å². The highest BCUT2D eigenvalue weighted by Crippen LogP contribution is 2.26. The molecule has 2 amide bonds. The molecule has 0 heterocycles. The Balaban J connectivity index is 2.44. The summed E-state index contributed by atoms with van der Waals surface area (Å²) in [4.78, 5) is 27.9. The molecule has 0 unspecified atom stereocenters. The lowest BCUT2D eigenvalue weighted by molar-refractivity contribution is -0.140. The summed E-state index contributed by atoms with van der Waals surface area (Å²) in [5.74, 6) is -0.833. The molecule has 0 aliphatic heterocycles. The number of halogens is 2. The molecule has 0 fully saturated rings. The van der Waals surface area contributed by atoms with Crippen LogP contribution in [0.25, 0.3) is 0 Å². The van der Waals surface area contributed by atoms with E-state index in [1.807, 2.05) is 45.0 Å². The van der Waals surface area contributed by atoms with E-state index in [4.69, 9.17) is 11.6 Å². The van der Waals surface area contributed by atoms with Gasteiger partial charge in [0, 0.05) is 21.6 Å². The van der Waals surface area contributed by atoms with Gasteiger partial charge < -0.3 is 10.2 Å². The van der Waals surface area contributed by atoms with Crippen LogP contribution in [0.4, 0.5) is 5.69 Å². The second kappa shape index (κ2) is 11.1. The Bertz CT molecular complexity index is 1170. The number of benzene rings is 2. The Morgan fingerprint density at radius 3 is 2.32 bits per heavy atom. The van der Waals surface area contributed by atoms with Crippen molar-refractivity contribution < 1.29 is 18.0 Å². The SMILES string of the molecule is Cc1cc(Cl)ccc1N(CC(=O)N(Cc1cccc(Br)c1)[C@@H](C)C(=O)NC(C)(C)C)S(C)(=O)=O. The zero-order chi connectivity index (χ0) is 25.8. The Labute approximate surface area is 215 Å². The van der Waals surface area contributed by atoms with Gasteiger partial charge in [-0.15, -0.1) is 0 Å². The third-order valence-corrected chi connectivity index (χ3v) is 6.87. The average molecular weight is 573 g/mol. The normalized spacial score (nSPS) is 12.7. The molecule has 1 N–H and O–H groups in total. The van der Waals surface area contributed by atoms with Crippen molar-refractivity contribution in [2.45, 2.75) is 52.7 Å². The Kier molecular flexibility index (Phi) is 9.18. The van der Waals surface area contributed by atoms with E-state index < -0.39 is 34.1 Å². The number of carbonyl (C=O) groups is 2. The summed E-state index contributed by atoms with van der Waals surface area (Å²) in [6.45, 7) is 8.60.